The van der Waals surface area contributed by atoms with Gasteiger partial charge in [0, 0.05) is 36.6 Å². The highest BCUT2D eigenvalue weighted by Crippen LogP contribution is 2.26. The van der Waals surface area contributed by atoms with E-state index in [4.69, 9.17) is 0 Å². The van der Waals surface area contributed by atoms with Gasteiger partial charge in [0.2, 0.25) is 5.95 Å². The maximum atomic E-state index is 4.63. The second kappa shape index (κ2) is 6.75. The van der Waals surface area contributed by atoms with Gasteiger partial charge in [-0.25, -0.2) is 15.0 Å². The number of aryl methyl sites for hydroxylation is 1. The Kier molecular flexibility index (Phi) is 4.44. The van der Waals surface area contributed by atoms with Crippen molar-refractivity contribution >= 4 is 40.4 Å². The fraction of sp³-hybridized carbons (Fsp3) is 0.444. The van der Waals surface area contributed by atoms with Crippen molar-refractivity contribution in [2.75, 3.05) is 29.6 Å². The van der Waals surface area contributed by atoms with Gasteiger partial charge in [0.15, 0.2) is 0 Å². The zero-order valence-electron chi connectivity index (χ0n) is 15.5. The normalized spacial score (nSPS) is 14.9. The van der Waals surface area contributed by atoms with Gasteiger partial charge in [-0.3, -0.25) is 0 Å². The predicted octanol–water partition coefficient (Wildman–Crippen LogP) is 3.41. The number of nitrogens with one attached hydrogen (secondary N) is 1. The molecule has 1 aliphatic rings. The quantitative estimate of drug-likeness (QED) is 0.739. The number of aromatic nitrogens is 5. The standard InChI is InChI=1S/C18H23N7S/c1-11(2)25-12(3)21-14-8-20-17(7-15(14)25)22-16-5-6-19-18(23-16)24-9-13(10-24)26-4/h5-8,11,13H,9-10H2,1-4H3,(H,19,20,22,23). The molecular weight excluding hydrogens is 346 g/mol. The van der Waals surface area contributed by atoms with Crippen LogP contribution in [0, 0.1) is 6.92 Å². The average molecular weight is 369 g/mol. The lowest BCUT2D eigenvalue weighted by molar-refractivity contribution is 0.600. The van der Waals surface area contributed by atoms with Crippen molar-refractivity contribution < 1.29 is 0 Å². The maximum absolute atomic E-state index is 4.63. The van der Waals surface area contributed by atoms with E-state index in [-0.39, 0.29) is 0 Å². The highest BCUT2D eigenvalue weighted by Gasteiger charge is 2.27. The van der Waals surface area contributed by atoms with Gasteiger partial charge < -0.3 is 14.8 Å². The molecule has 0 aromatic carbocycles. The second-order valence-electron chi connectivity index (χ2n) is 6.81. The fourth-order valence-corrected chi connectivity index (χ4v) is 3.95. The van der Waals surface area contributed by atoms with Gasteiger partial charge in [0.1, 0.15) is 23.0 Å². The molecular formula is C18H23N7S. The molecule has 3 aromatic rings. The van der Waals surface area contributed by atoms with Gasteiger partial charge in [-0.15, -0.1) is 0 Å². The van der Waals surface area contributed by atoms with Crippen LogP contribution in [0.25, 0.3) is 11.0 Å². The monoisotopic (exact) mass is 369 g/mol. The molecule has 0 spiro atoms. The number of rotatable bonds is 5. The number of thioether (sulfide) groups is 1. The first-order chi connectivity index (χ1) is 12.5. The Morgan fingerprint density at radius 1 is 1.19 bits per heavy atom. The van der Waals surface area contributed by atoms with Crippen LogP contribution in [-0.4, -0.2) is 49.1 Å². The summed E-state index contributed by atoms with van der Waals surface area (Å²) in [6, 6.07) is 4.24. The van der Waals surface area contributed by atoms with Gasteiger partial charge in [-0.05, 0) is 33.1 Å². The Balaban J connectivity index is 1.58. The third-order valence-corrected chi connectivity index (χ3v) is 5.60. The Morgan fingerprint density at radius 3 is 2.73 bits per heavy atom. The van der Waals surface area contributed by atoms with Crippen LogP contribution in [0.1, 0.15) is 25.7 Å². The van der Waals surface area contributed by atoms with Crippen LogP contribution < -0.4 is 10.2 Å². The number of imidazole rings is 1. The molecule has 1 aliphatic heterocycles. The molecule has 0 unspecified atom stereocenters. The SMILES string of the molecule is CSC1CN(c2nccc(Nc3cc4c(cn3)nc(C)n4C(C)C)n2)C1. The average Bonchev–Trinajstić information content (AvgIpc) is 2.89. The Morgan fingerprint density at radius 2 is 2.00 bits per heavy atom. The van der Waals surface area contributed by atoms with Crippen LogP contribution in [0.15, 0.2) is 24.5 Å². The molecule has 7 nitrogen and oxygen atoms in total. The molecule has 0 radical (unpaired) electrons. The number of anilines is 3. The van der Waals surface area contributed by atoms with Crippen LogP contribution in [0.5, 0.6) is 0 Å². The summed E-state index contributed by atoms with van der Waals surface area (Å²) >= 11 is 1.89. The van der Waals surface area contributed by atoms with E-state index >= 15 is 0 Å². The smallest absolute Gasteiger partial charge is 0.227 e. The highest BCUT2D eigenvalue weighted by molar-refractivity contribution is 7.99. The summed E-state index contributed by atoms with van der Waals surface area (Å²) < 4.78 is 2.22. The van der Waals surface area contributed by atoms with Crippen LogP contribution >= 0.6 is 11.8 Å². The molecule has 136 valence electrons. The van der Waals surface area contributed by atoms with E-state index in [0.29, 0.717) is 11.3 Å². The molecule has 3 aromatic heterocycles. The molecule has 8 heteroatoms. The number of pyridine rings is 1. The van der Waals surface area contributed by atoms with Gasteiger partial charge in [-0.2, -0.15) is 16.7 Å². The van der Waals surface area contributed by atoms with Crippen LogP contribution in [0.3, 0.4) is 0 Å². The highest BCUT2D eigenvalue weighted by atomic mass is 32.2. The van der Waals surface area contributed by atoms with Crippen molar-refractivity contribution in [3.05, 3.63) is 30.4 Å². The molecule has 0 amide bonds. The lowest BCUT2D eigenvalue weighted by atomic mass is 10.2. The van der Waals surface area contributed by atoms with E-state index in [2.05, 4.69) is 54.8 Å². The summed E-state index contributed by atoms with van der Waals surface area (Å²) in [5, 5.41) is 3.98. The minimum atomic E-state index is 0.344. The molecule has 1 saturated heterocycles. The summed E-state index contributed by atoms with van der Waals surface area (Å²) in [7, 11) is 0. The van der Waals surface area contributed by atoms with E-state index in [1.807, 2.05) is 37.0 Å². The largest absolute Gasteiger partial charge is 0.338 e. The number of hydrogen-bond donors (Lipinski definition) is 1. The predicted molar refractivity (Wildman–Crippen MR) is 107 cm³/mol. The van der Waals surface area contributed by atoms with Crippen molar-refractivity contribution in [1.82, 2.24) is 24.5 Å². The maximum Gasteiger partial charge on any atom is 0.227 e. The molecule has 26 heavy (non-hydrogen) atoms. The lowest BCUT2D eigenvalue weighted by Gasteiger charge is -2.38. The van der Waals surface area contributed by atoms with Crippen LogP contribution in [0.2, 0.25) is 0 Å². The van der Waals surface area contributed by atoms with E-state index in [9.17, 15) is 0 Å². The molecule has 0 aliphatic carbocycles. The molecule has 0 saturated carbocycles. The first kappa shape index (κ1) is 17.1. The number of fused-ring (bicyclic) bond motifs is 1. The zero-order valence-corrected chi connectivity index (χ0v) is 16.3. The van der Waals surface area contributed by atoms with Gasteiger partial charge in [-0.1, -0.05) is 0 Å². The van der Waals surface area contributed by atoms with Crippen molar-refractivity contribution in [1.29, 1.82) is 0 Å². The number of nitrogens with zero attached hydrogens (tertiary/aromatic N) is 6. The minimum absolute atomic E-state index is 0.344. The molecule has 4 heterocycles. The molecule has 4 rings (SSSR count). The third kappa shape index (κ3) is 3.09. The first-order valence-electron chi connectivity index (χ1n) is 8.77. The molecule has 1 N–H and O–H groups in total. The van der Waals surface area contributed by atoms with Gasteiger partial charge >= 0.3 is 0 Å². The van der Waals surface area contributed by atoms with E-state index in [1.54, 1.807) is 6.20 Å². The number of hydrogen-bond acceptors (Lipinski definition) is 7. The summed E-state index contributed by atoms with van der Waals surface area (Å²) in [6.07, 6.45) is 5.74. The third-order valence-electron chi connectivity index (χ3n) is 4.63. The van der Waals surface area contributed by atoms with Gasteiger partial charge in [0.05, 0.1) is 11.7 Å². The van der Waals surface area contributed by atoms with Crippen molar-refractivity contribution in [3.63, 3.8) is 0 Å². The summed E-state index contributed by atoms with van der Waals surface area (Å²) in [5.41, 5.74) is 1.99. The van der Waals surface area contributed by atoms with Crippen LogP contribution in [-0.2, 0) is 0 Å². The molecule has 0 atom stereocenters. The Labute approximate surface area is 157 Å². The topological polar surface area (TPSA) is 71.8 Å². The van der Waals surface area contributed by atoms with Crippen LogP contribution in [0.4, 0.5) is 17.6 Å². The van der Waals surface area contributed by atoms with E-state index in [1.165, 1.54) is 0 Å². The fourth-order valence-electron chi connectivity index (χ4n) is 3.29. The summed E-state index contributed by atoms with van der Waals surface area (Å²) in [4.78, 5) is 20.3. The first-order valence-corrected chi connectivity index (χ1v) is 10.1. The lowest BCUT2D eigenvalue weighted by Crippen LogP contribution is -2.49. The van der Waals surface area contributed by atoms with Crippen molar-refractivity contribution in [3.8, 4) is 0 Å². The minimum Gasteiger partial charge on any atom is -0.338 e. The van der Waals surface area contributed by atoms with E-state index < -0.39 is 0 Å². The van der Waals surface area contributed by atoms with Gasteiger partial charge in [0.25, 0.3) is 0 Å². The van der Waals surface area contributed by atoms with Crippen molar-refractivity contribution in [2.24, 2.45) is 0 Å². The summed E-state index contributed by atoms with van der Waals surface area (Å²) in [6.45, 7) is 8.35. The Bertz CT molecular complexity index is 930. The molecule has 0 bridgehead atoms. The zero-order chi connectivity index (χ0) is 18.3. The van der Waals surface area contributed by atoms with Crippen molar-refractivity contribution in [2.45, 2.75) is 32.1 Å². The Hall–Kier alpha value is -2.35. The molecule has 1 fully saturated rings. The van der Waals surface area contributed by atoms with E-state index in [0.717, 1.165) is 47.5 Å². The second-order valence-corrected chi connectivity index (χ2v) is 7.95. The summed E-state index contributed by atoms with van der Waals surface area (Å²) in [5.74, 6) is 3.28.